The zero-order valence-electron chi connectivity index (χ0n) is 9.03. The lowest BCUT2D eigenvalue weighted by atomic mass is 10.1. The van der Waals surface area contributed by atoms with Gasteiger partial charge in [-0.1, -0.05) is 18.2 Å². The second-order valence-corrected chi connectivity index (χ2v) is 4.99. The van der Waals surface area contributed by atoms with Gasteiger partial charge in [0.1, 0.15) is 5.76 Å². The van der Waals surface area contributed by atoms with Crippen molar-refractivity contribution in [2.24, 2.45) is 0 Å². The first-order valence-corrected chi connectivity index (χ1v) is 5.91. The molecule has 0 radical (unpaired) electrons. The molecule has 0 aliphatic carbocycles. The standard InChI is InChI=1S/C13H10O2S/c1-7-4-3-5-9-11-10(16-12(7)9)6-8(2)15-13(11)14/h3-6H,1-2H3. The first-order valence-electron chi connectivity index (χ1n) is 5.09. The average Bonchev–Trinajstić information content (AvgIpc) is 2.57. The summed E-state index contributed by atoms with van der Waals surface area (Å²) in [4.78, 5) is 11.8. The highest BCUT2D eigenvalue weighted by molar-refractivity contribution is 7.26. The molecule has 0 saturated heterocycles. The number of fused-ring (bicyclic) bond motifs is 3. The molecule has 0 bridgehead atoms. The van der Waals surface area contributed by atoms with Gasteiger partial charge in [-0.25, -0.2) is 4.79 Å². The maximum atomic E-state index is 11.8. The summed E-state index contributed by atoms with van der Waals surface area (Å²) < 4.78 is 7.34. The molecule has 80 valence electrons. The van der Waals surface area contributed by atoms with Crippen LogP contribution in [0.3, 0.4) is 0 Å². The van der Waals surface area contributed by atoms with E-state index in [9.17, 15) is 4.79 Å². The molecule has 3 aromatic rings. The lowest BCUT2D eigenvalue weighted by Crippen LogP contribution is -1.98. The van der Waals surface area contributed by atoms with E-state index in [1.807, 2.05) is 18.2 Å². The van der Waals surface area contributed by atoms with Crippen molar-refractivity contribution in [1.82, 2.24) is 0 Å². The maximum absolute atomic E-state index is 11.8. The summed E-state index contributed by atoms with van der Waals surface area (Å²) in [6.45, 7) is 3.87. The minimum Gasteiger partial charge on any atom is -0.428 e. The first kappa shape index (κ1) is 9.60. The van der Waals surface area contributed by atoms with Crippen molar-refractivity contribution < 1.29 is 4.42 Å². The summed E-state index contributed by atoms with van der Waals surface area (Å²) in [6, 6.07) is 7.95. The molecule has 1 aromatic carbocycles. The van der Waals surface area contributed by atoms with Crippen molar-refractivity contribution in [3.63, 3.8) is 0 Å². The fraction of sp³-hybridized carbons (Fsp3) is 0.154. The molecule has 0 amide bonds. The molecule has 0 atom stereocenters. The highest BCUT2D eigenvalue weighted by Gasteiger charge is 2.11. The third-order valence-corrected chi connectivity index (χ3v) is 4.02. The molecule has 0 fully saturated rings. The summed E-state index contributed by atoms with van der Waals surface area (Å²) in [7, 11) is 0. The zero-order valence-corrected chi connectivity index (χ0v) is 9.85. The minimum absolute atomic E-state index is 0.230. The summed E-state index contributed by atoms with van der Waals surface area (Å²) in [5, 5.41) is 1.73. The van der Waals surface area contributed by atoms with Crippen LogP contribution in [0.25, 0.3) is 20.2 Å². The van der Waals surface area contributed by atoms with E-state index in [2.05, 4.69) is 13.0 Å². The number of thiophene rings is 1. The van der Waals surface area contributed by atoms with Crippen molar-refractivity contribution in [2.45, 2.75) is 13.8 Å². The van der Waals surface area contributed by atoms with Crippen LogP contribution in [0.5, 0.6) is 0 Å². The Kier molecular flexibility index (Phi) is 1.91. The van der Waals surface area contributed by atoms with Gasteiger partial charge in [-0.2, -0.15) is 0 Å². The van der Waals surface area contributed by atoms with Crippen molar-refractivity contribution in [3.05, 3.63) is 46.0 Å². The number of aryl methyl sites for hydroxylation is 2. The van der Waals surface area contributed by atoms with E-state index in [1.54, 1.807) is 18.3 Å². The molecular formula is C13H10O2S. The quantitative estimate of drug-likeness (QED) is 0.590. The van der Waals surface area contributed by atoms with Gasteiger partial charge in [0.05, 0.1) is 5.39 Å². The fourth-order valence-corrected chi connectivity index (χ4v) is 3.25. The Bertz CT molecular complexity index is 750. The van der Waals surface area contributed by atoms with Crippen LogP contribution in [0.4, 0.5) is 0 Å². The van der Waals surface area contributed by atoms with Gasteiger partial charge < -0.3 is 4.42 Å². The van der Waals surface area contributed by atoms with Crippen LogP contribution >= 0.6 is 11.3 Å². The normalized spacial score (nSPS) is 11.4. The van der Waals surface area contributed by atoms with E-state index in [0.717, 1.165) is 10.1 Å². The van der Waals surface area contributed by atoms with Gasteiger partial charge in [0.15, 0.2) is 0 Å². The van der Waals surface area contributed by atoms with Crippen LogP contribution in [0.2, 0.25) is 0 Å². The Balaban J connectivity index is 2.67. The van der Waals surface area contributed by atoms with Crippen LogP contribution in [0.15, 0.2) is 33.5 Å². The van der Waals surface area contributed by atoms with E-state index in [4.69, 9.17) is 4.42 Å². The highest BCUT2D eigenvalue weighted by Crippen LogP contribution is 2.33. The number of hydrogen-bond acceptors (Lipinski definition) is 3. The molecule has 2 aromatic heterocycles. The SMILES string of the molecule is Cc1cc2sc3c(C)cccc3c2c(=O)o1. The molecule has 0 N–H and O–H groups in total. The second kappa shape index (κ2) is 3.19. The van der Waals surface area contributed by atoms with Gasteiger partial charge in [0.2, 0.25) is 0 Å². The molecule has 16 heavy (non-hydrogen) atoms. The Morgan fingerprint density at radius 2 is 2.06 bits per heavy atom. The van der Waals surface area contributed by atoms with E-state index in [0.29, 0.717) is 11.1 Å². The molecule has 0 spiro atoms. The number of rotatable bonds is 0. The van der Waals surface area contributed by atoms with E-state index >= 15 is 0 Å². The van der Waals surface area contributed by atoms with E-state index < -0.39 is 0 Å². The first-order chi connectivity index (χ1) is 7.66. The van der Waals surface area contributed by atoms with Crippen molar-refractivity contribution >= 4 is 31.5 Å². The zero-order chi connectivity index (χ0) is 11.3. The average molecular weight is 230 g/mol. The Morgan fingerprint density at radius 3 is 2.88 bits per heavy atom. The lowest BCUT2D eigenvalue weighted by Gasteiger charge is -1.93. The summed E-state index contributed by atoms with van der Waals surface area (Å²) in [5.41, 5.74) is 0.975. The Hall–Kier alpha value is -1.61. The minimum atomic E-state index is -0.230. The smallest absolute Gasteiger partial charge is 0.345 e. The third kappa shape index (κ3) is 1.21. The van der Waals surface area contributed by atoms with Gasteiger partial charge >= 0.3 is 5.63 Å². The van der Waals surface area contributed by atoms with E-state index in [-0.39, 0.29) is 5.63 Å². The number of benzene rings is 1. The molecule has 0 aliphatic rings. The second-order valence-electron chi connectivity index (χ2n) is 3.94. The molecule has 0 aliphatic heterocycles. The summed E-state index contributed by atoms with van der Waals surface area (Å²) in [5.74, 6) is 0.668. The Morgan fingerprint density at radius 1 is 1.25 bits per heavy atom. The Labute approximate surface area is 96.1 Å². The third-order valence-electron chi connectivity index (χ3n) is 2.73. The van der Waals surface area contributed by atoms with Crippen LogP contribution in [0, 0.1) is 13.8 Å². The van der Waals surface area contributed by atoms with Crippen LogP contribution in [0.1, 0.15) is 11.3 Å². The van der Waals surface area contributed by atoms with Gasteiger partial charge in [-0.15, -0.1) is 11.3 Å². The molecule has 0 unspecified atom stereocenters. The van der Waals surface area contributed by atoms with Gasteiger partial charge in [-0.3, -0.25) is 0 Å². The molecule has 3 heteroatoms. The van der Waals surface area contributed by atoms with Gasteiger partial charge in [0, 0.05) is 14.8 Å². The topological polar surface area (TPSA) is 30.2 Å². The molecular weight excluding hydrogens is 220 g/mol. The molecule has 0 saturated carbocycles. The summed E-state index contributed by atoms with van der Waals surface area (Å²) in [6.07, 6.45) is 0. The van der Waals surface area contributed by atoms with Crippen LogP contribution in [-0.2, 0) is 0 Å². The predicted molar refractivity (Wildman–Crippen MR) is 67.3 cm³/mol. The number of hydrogen-bond donors (Lipinski definition) is 0. The van der Waals surface area contributed by atoms with Gasteiger partial charge in [0.25, 0.3) is 0 Å². The van der Waals surface area contributed by atoms with Crippen molar-refractivity contribution in [2.75, 3.05) is 0 Å². The molecule has 2 heterocycles. The monoisotopic (exact) mass is 230 g/mol. The molecule has 3 rings (SSSR count). The van der Waals surface area contributed by atoms with Gasteiger partial charge in [-0.05, 0) is 25.5 Å². The highest BCUT2D eigenvalue weighted by atomic mass is 32.1. The lowest BCUT2D eigenvalue weighted by molar-refractivity contribution is 0.489. The maximum Gasteiger partial charge on any atom is 0.345 e. The summed E-state index contributed by atoms with van der Waals surface area (Å²) >= 11 is 1.66. The largest absolute Gasteiger partial charge is 0.428 e. The van der Waals surface area contributed by atoms with Crippen molar-refractivity contribution in [1.29, 1.82) is 0 Å². The van der Waals surface area contributed by atoms with Crippen LogP contribution < -0.4 is 5.63 Å². The molecule has 2 nitrogen and oxygen atoms in total. The van der Waals surface area contributed by atoms with E-state index in [1.165, 1.54) is 10.3 Å². The predicted octanol–water partition coefficient (Wildman–Crippen LogP) is 3.62. The van der Waals surface area contributed by atoms with Crippen LogP contribution in [-0.4, -0.2) is 0 Å². The fourth-order valence-electron chi connectivity index (χ4n) is 2.00. The van der Waals surface area contributed by atoms with Crippen molar-refractivity contribution in [3.8, 4) is 0 Å².